The third-order valence-electron chi connectivity index (χ3n) is 4.15. The van der Waals surface area contributed by atoms with Crippen molar-refractivity contribution in [2.24, 2.45) is 16.5 Å². The number of amides is 1. The van der Waals surface area contributed by atoms with Crippen LogP contribution in [0.25, 0.3) is 0 Å². The molecule has 0 aromatic heterocycles. The van der Waals surface area contributed by atoms with E-state index in [0.717, 1.165) is 24.8 Å². The number of likely N-dealkylation sites (N-methyl/N-ethyl adjacent to an activating group) is 1. The van der Waals surface area contributed by atoms with Crippen molar-refractivity contribution < 1.29 is 17.9 Å². The summed E-state index contributed by atoms with van der Waals surface area (Å²) in [4.78, 5) is 17.6. The lowest BCUT2D eigenvalue weighted by atomic mass is 10.1. The van der Waals surface area contributed by atoms with Gasteiger partial charge in [-0.25, -0.2) is 8.42 Å². The summed E-state index contributed by atoms with van der Waals surface area (Å²) in [7, 11) is 0.341. The van der Waals surface area contributed by atoms with E-state index in [2.05, 4.69) is 9.89 Å². The van der Waals surface area contributed by atoms with Crippen molar-refractivity contribution in [1.82, 2.24) is 4.90 Å². The molecule has 0 unspecified atom stereocenters. The number of aliphatic imine (C=N–C) groups is 1. The van der Waals surface area contributed by atoms with E-state index in [-0.39, 0.29) is 16.2 Å². The van der Waals surface area contributed by atoms with Crippen LogP contribution in [0.2, 0.25) is 0 Å². The molecule has 0 aliphatic heterocycles. The first-order chi connectivity index (χ1) is 13.5. The molecule has 0 saturated carbocycles. The molecule has 0 bridgehead atoms. The molecule has 0 aliphatic rings. The van der Waals surface area contributed by atoms with Crippen LogP contribution in [0.4, 0.5) is 0 Å². The Kier molecular flexibility index (Phi) is 6.99. The summed E-state index contributed by atoms with van der Waals surface area (Å²) in [5.74, 6) is -0.493. The van der Waals surface area contributed by atoms with Crippen LogP contribution in [0.15, 0.2) is 46.3 Å². The van der Waals surface area contributed by atoms with Crippen LogP contribution < -0.4 is 16.2 Å². The van der Waals surface area contributed by atoms with Gasteiger partial charge < -0.3 is 21.1 Å². The molecule has 156 valence electrons. The summed E-state index contributed by atoms with van der Waals surface area (Å²) in [6.45, 7) is 2.57. The summed E-state index contributed by atoms with van der Waals surface area (Å²) in [6.07, 6.45) is 1.94. The van der Waals surface area contributed by atoms with Gasteiger partial charge in [0.25, 0.3) is 5.91 Å². The molecule has 2 aromatic rings. The molecule has 0 radical (unpaired) electrons. The quantitative estimate of drug-likeness (QED) is 0.517. The van der Waals surface area contributed by atoms with E-state index in [1.165, 1.54) is 12.1 Å². The molecular formula is C20H26N4O4S. The molecule has 2 rings (SSSR count). The van der Waals surface area contributed by atoms with Crippen molar-refractivity contribution in [2.45, 2.75) is 18.2 Å². The van der Waals surface area contributed by atoms with Crippen molar-refractivity contribution in [3.63, 3.8) is 0 Å². The van der Waals surface area contributed by atoms with Gasteiger partial charge in [0, 0.05) is 18.4 Å². The third kappa shape index (κ3) is 6.30. The van der Waals surface area contributed by atoms with E-state index >= 15 is 0 Å². The van der Waals surface area contributed by atoms with Gasteiger partial charge in [-0.1, -0.05) is 12.1 Å². The van der Waals surface area contributed by atoms with Crippen molar-refractivity contribution in [2.75, 3.05) is 26.9 Å². The molecule has 0 atom stereocenters. The van der Waals surface area contributed by atoms with Crippen molar-refractivity contribution in [1.29, 1.82) is 0 Å². The molecule has 0 spiro atoms. The Morgan fingerprint density at radius 3 is 2.28 bits per heavy atom. The first-order valence-electron chi connectivity index (χ1n) is 8.87. The van der Waals surface area contributed by atoms with Gasteiger partial charge in [0.1, 0.15) is 16.4 Å². The largest absolute Gasteiger partial charge is 0.456 e. The zero-order chi connectivity index (χ0) is 21.8. The number of carbonyl (C=O) groups is 1. The van der Waals surface area contributed by atoms with Gasteiger partial charge in [-0.15, -0.1) is 0 Å². The highest BCUT2D eigenvalue weighted by molar-refractivity contribution is 7.90. The Morgan fingerprint density at radius 2 is 1.76 bits per heavy atom. The fourth-order valence-electron chi connectivity index (χ4n) is 2.64. The first kappa shape index (κ1) is 22.4. The average Bonchev–Trinajstić information content (AvgIpc) is 2.59. The second-order valence-corrected chi connectivity index (χ2v) is 9.01. The molecule has 8 nitrogen and oxygen atoms in total. The maximum absolute atomic E-state index is 12.3. The Labute approximate surface area is 171 Å². The highest BCUT2D eigenvalue weighted by Crippen LogP contribution is 2.32. The predicted octanol–water partition coefficient (Wildman–Crippen LogP) is 1.71. The minimum atomic E-state index is -3.67. The number of nitrogens with two attached hydrogens (primary N) is 2. The first-order valence-corrected chi connectivity index (χ1v) is 10.8. The van der Waals surface area contributed by atoms with Gasteiger partial charge in [0.2, 0.25) is 0 Å². The van der Waals surface area contributed by atoms with Crippen LogP contribution in [0.5, 0.6) is 11.5 Å². The second-order valence-electron chi connectivity index (χ2n) is 7.03. The fraction of sp³-hybridized carbons (Fsp3) is 0.300. The fourth-order valence-corrected chi connectivity index (χ4v) is 3.44. The smallest absolute Gasteiger partial charge is 0.280 e. The van der Waals surface area contributed by atoms with Gasteiger partial charge in [-0.3, -0.25) is 4.79 Å². The molecule has 0 aliphatic carbocycles. The maximum atomic E-state index is 12.3. The summed E-state index contributed by atoms with van der Waals surface area (Å²) in [6, 6.07) is 10.2. The average molecular weight is 419 g/mol. The SMILES string of the molecule is Cc1cc(Oc2ccc(CCN(C)C)cc2)c(S(C)(=O)=O)cc1C(=O)N=C(N)N. The number of guanidine groups is 1. The van der Waals surface area contributed by atoms with E-state index in [1.54, 1.807) is 19.1 Å². The molecule has 2 aromatic carbocycles. The molecule has 4 N–H and O–H groups in total. The molecule has 29 heavy (non-hydrogen) atoms. The highest BCUT2D eigenvalue weighted by atomic mass is 32.2. The normalized spacial score (nSPS) is 11.3. The number of sulfone groups is 1. The zero-order valence-corrected chi connectivity index (χ0v) is 17.8. The Morgan fingerprint density at radius 1 is 1.14 bits per heavy atom. The van der Waals surface area contributed by atoms with Crippen LogP contribution in [-0.2, 0) is 16.3 Å². The topological polar surface area (TPSA) is 128 Å². The standard InChI is InChI=1S/C20H26N4O4S/c1-13-11-17(28-15-7-5-14(6-8-15)9-10-24(2)3)18(29(4,26)27)12-16(13)19(25)23-20(21)22/h5-8,11-12H,9-10H2,1-4H3,(H4,21,22,23,25). The molecule has 0 saturated heterocycles. The minimum absolute atomic E-state index is 0.0882. The lowest BCUT2D eigenvalue weighted by molar-refractivity contribution is 0.100. The minimum Gasteiger partial charge on any atom is -0.456 e. The van der Waals surface area contributed by atoms with E-state index in [1.807, 2.05) is 26.2 Å². The Balaban J connectivity index is 2.38. The lowest BCUT2D eigenvalue weighted by Crippen LogP contribution is -2.24. The number of nitrogens with zero attached hydrogens (tertiary/aromatic N) is 2. The Bertz CT molecular complexity index is 1030. The molecule has 0 fully saturated rings. The number of aryl methyl sites for hydroxylation is 1. The number of benzene rings is 2. The third-order valence-corrected chi connectivity index (χ3v) is 5.27. The second kappa shape index (κ2) is 9.06. The lowest BCUT2D eigenvalue weighted by Gasteiger charge is -2.14. The van der Waals surface area contributed by atoms with Gasteiger partial charge in [0.05, 0.1) is 0 Å². The van der Waals surface area contributed by atoms with E-state index in [9.17, 15) is 13.2 Å². The van der Waals surface area contributed by atoms with Crippen LogP contribution >= 0.6 is 0 Å². The molecule has 9 heteroatoms. The Hall–Kier alpha value is -2.91. The number of carbonyl (C=O) groups excluding carboxylic acids is 1. The number of hydrogen-bond acceptors (Lipinski definition) is 5. The predicted molar refractivity (Wildman–Crippen MR) is 113 cm³/mol. The van der Waals surface area contributed by atoms with Crippen molar-refractivity contribution in [3.8, 4) is 11.5 Å². The van der Waals surface area contributed by atoms with Crippen molar-refractivity contribution >= 4 is 21.7 Å². The van der Waals surface area contributed by atoms with Gasteiger partial charge in [-0.05, 0) is 62.8 Å². The molecule has 0 heterocycles. The summed E-state index contributed by atoms with van der Waals surface area (Å²) >= 11 is 0. The number of hydrogen-bond donors (Lipinski definition) is 2. The highest BCUT2D eigenvalue weighted by Gasteiger charge is 2.21. The summed E-state index contributed by atoms with van der Waals surface area (Å²) < 4.78 is 30.4. The van der Waals surface area contributed by atoms with Crippen LogP contribution in [0.1, 0.15) is 21.5 Å². The van der Waals surface area contributed by atoms with E-state index < -0.39 is 21.7 Å². The van der Waals surface area contributed by atoms with Crippen LogP contribution in [0, 0.1) is 6.92 Å². The van der Waals surface area contributed by atoms with Gasteiger partial charge >= 0.3 is 0 Å². The monoisotopic (exact) mass is 418 g/mol. The summed E-state index contributed by atoms with van der Waals surface area (Å²) in [5, 5.41) is 0. The molecule has 1 amide bonds. The van der Waals surface area contributed by atoms with E-state index in [4.69, 9.17) is 16.2 Å². The number of ether oxygens (including phenoxy) is 1. The van der Waals surface area contributed by atoms with E-state index in [0.29, 0.717) is 11.3 Å². The number of rotatable bonds is 7. The van der Waals surface area contributed by atoms with Gasteiger partial charge in [-0.2, -0.15) is 4.99 Å². The zero-order valence-electron chi connectivity index (χ0n) is 17.0. The van der Waals surface area contributed by atoms with Gasteiger partial charge in [0.15, 0.2) is 15.8 Å². The van der Waals surface area contributed by atoms with Crippen LogP contribution in [0.3, 0.4) is 0 Å². The van der Waals surface area contributed by atoms with Crippen LogP contribution in [-0.4, -0.2) is 52.1 Å². The summed E-state index contributed by atoms with van der Waals surface area (Å²) in [5.41, 5.74) is 12.2. The van der Waals surface area contributed by atoms with Crippen molar-refractivity contribution in [3.05, 3.63) is 53.1 Å². The maximum Gasteiger partial charge on any atom is 0.280 e. The molecular weight excluding hydrogens is 392 g/mol.